The number of benzene rings is 1. The van der Waals surface area contributed by atoms with Crippen molar-refractivity contribution >= 4 is 15.9 Å². The van der Waals surface area contributed by atoms with Gasteiger partial charge in [0, 0.05) is 5.33 Å². The van der Waals surface area contributed by atoms with Crippen LogP contribution < -0.4 is 4.74 Å². The average molecular weight is 275 g/mol. The van der Waals surface area contributed by atoms with Crippen LogP contribution in [-0.4, -0.2) is 12.4 Å². The van der Waals surface area contributed by atoms with E-state index in [4.69, 9.17) is 4.74 Å². The molecule has 0 spiro atoms. The van der Waals surface area contributed by atoms with Gasteiger partial charge in [-0.1, -0.05) is 35.3 Å². The Morgan fingerprint density at radius 1 is 1.47 bits per heavy atom. The fourth-order valence-corrected chi connectivity index (χ4v) is 2.16. The molecule has 0 fully saturated rings. The zero-order valence-corrected chi connectivity index (χ0v) is 10.7. The number of ether oxygens (including phenoxy) is 1. The zero-order chi connectivity index (χ0) is 11.3. The Labute approximate surface area is 98.8 Å². The molecule has 1 nitrogen and oxygen atoms in total. The lowest BCUT2D eigenvalue weighted by Gasteiger charge is -2.11. The summed E-state index contributed by atoms with van der Waals surface area (Å²) in [5, 5.41) is 0.956. The number of hydrogen-bond acceptors (Lipinski definition) is 1. The van der Waals surface area contributed by atoms with Gasteiger partial charge >= 0.3 is 0 Å². The first-order chi connectivity index (χ1) is 7.21. The third kappa shape index (κ3) is 3.49. The average Bonchev–Trinajstić information content (AvgIpc) is 2.26. The normalized spacial score (nSPS) is 12.5. The first kappa shape index (κ1) is 12.5. The van der Waals surface area contributed by atoms with Crippen molar-refractivity contribution in [2.75, 3.05) is 12.4 Å². The van der Waals surface area contributed by atoms with E-state index in [2.05, 4.69) is 22.9 Å². The number of halogens is 2. The Bertz CT molecular complexity index is 310. The highest BCUT2D eigenvalue weighted by Crippen LogP contribution is 2.21. The van der Waals surface area contributed by atoms with Crippen LogP contribution >= 0.6 is 15.9 Å². The number of hydrogen-bond donors (Lipinski definition) is 0. The Kier molecular flexibility index (Phi) is 5.09. The molecule has 1 rings (SSSR count). The van der Waals surface area contributed by atoms with Gasteiger partial charge in [-0.15, -0.1) is 0 Å². The van der Waals surface area contributed by atoms with E-state index >= 15 is 0 Å². The number of alkyl halides is 1. The van der Waals surface area contributed by atoms with Crippen LogP contribution in [0.15, 0.2) is 18.2 Å². The quantitative estimate of drug-likeness (QED) is 0.743. The molecule has 0 aromatic heterocycles. The van der Waals surface area contributed by atoms with E-state index in [9.17, 15) is 4.39 Å². The van der Waals surface area contributed by atoms with Crippen LogP contribution in [0.25, 0.3) is 0 Å². The lowest BCUT2D eigenvalue weighted by atomic mass is 9.99. The summed E-state index contributed by atoms with van der Waals surface area (Å²) in [6, 6.07) is 5.17. The van der Waals surface area contributed by atoms with Crippen LogP contribution in [0.1, 0.15) is 18.9 Å². The SMILES string of the molecule is CCC(CBr)Cc1ccc(OC)c(F)c1. The van der Waals surface area contributed by atoms with Crippen molar-refractivity contribution < 1.29 is 9.13 Å². The molecule has 1 aromatic rings. The van der Waals surface area contributed by atoms with Gasteiger partial charge in [0.25, 0.3) is 0 Å². The number of rotatable bonds is 5. The standard InChI is InChI=1S/C12H16BrFO/c1-3-9(8-13)6-10-4-5-12(15-2)11(14)7-10/h4-5,7,9H,3,6,8H2,1-2H3. The van der Waals surface area contributed by atoms with Crippen molar-refractivity contribution in [2.45, 2.75) is 19.8 Å². The van der Waals surface area contributed by atoms with Gasteiger partial charge in [0.05, 0.1) is 7.11 Å². The van der Waals surface area contributed by atoms with Crippen molar-refractivity contribution in [3.8, 4) is 5.75 Å². The van der Waals surface area contributed by atoms with Gasteiger partial charge in [-0.3, -0.25) is 0 Å². The molecule has 0 amide bonds. The van der Waals surface area contributed by atoms with E-state index in [1.165, 1.54) is 7.11 Å². The molecule has 3 heteroatoms. The molecule has 0 radical (unpaired) electrons. The molecule has 84 valence electrons. The molecular formula is C12H16BrFO. The highest BCUT2D eigenvalue weighted by Gasteiger charge is 2.08. The molecule has 15 heavy (non-hydrogen) atoms. The molecule has 1 unspecified atom stereocenters. The van der Waals surface area contributed by atoms with Crippen LogP contribution in [0.5, 0.6) is 5.75 Å². The van der Waals surface area contributed by atoms with Crippen molar-refractivity contribution in [3.05, 3.63) is 29.6 Å². The van der Waals surface area contributed by atoms with Gasteiger partial charge in [0.2, 0.25) is 0 Å². The lowest BCUT2D eigenvalue weighted by Crippen LogP contribution is -2.04. The van der Waals surface area contributed by atoms with Crippen molar-refractivity contribution in [2.24, 2.45) is 5.92 Å². The van der Waals surface area contributed by atoms with E-state index in [1.54, 1.807) is 12.1 Å². The second-order valence-corrected chi connectivity index (χ2v) is 4.25. The molecular weight excluding hydrogens is 259 g/mol. The topological polar surface area (TPSA) is 9.23 Å². The molecule has 0 aliphatic carbocycles. The summed E-state index contributed by atoms with van der Waals surface area (Å²) in [6.45, 7) is 2.14. The Morgan fingerprint density at radius 2 is 2.20 bits per heavy atom. The van der Waals surface area contributed by atoms with Crippen LogP contribution in [0, 0.1) is 11.7 Å². The fourth-order valence-electron chi connectivity index (χ4n) is 1.48. The van der Waals surface area contributed by atoms with Crippen molar-refractivity contribution in [1.82, 2.24) is 0 Å². The van der Waals surface area contributed by atoms with E-state index < -0.39 is 0 Å². The van der Waals surface area contributed by atoms with Crippen LogP contribution in [0.2, 0.25) is 0 Å². The maximum absolute atomic E-state index is 13.4. The molecule has 0 heterocycles. The van der Waals surface area contributed by atoms with Crippen molar-refractivity contribution in [3.63, 3.8) is 0 Å². The Balaban J connectivity index is 2.74. The number of methoxy groups -OCH3 is 1. The molecule has 0 N–H and O–H groups in total. The minimum atomic E-state index is -0.278. The first-order valence-corrected chi connectivity index (χ1v) is 6.21. The van der Waals surface area contributed by atoms with Gasteiger partial charge in [-0.25, -0.2) is 4.39 Å². The predicted octanol–water partition coefficient (Wildman–Crippen LogP) is 3.80. The summed E-state index contributed by atoms with van der Waals surface area (Å²) < 4.78 is 18.2. The summed E-state index contributed by atoms with van der Waals surface area (Å²) in [5.74, 6) is 0.600. The highest BCUT2D eigenvalue weighted by molar-refractivity contribution is 9.09. The van der Waals surface area contributed by atoms with Crippen LogP contribution in [-0.2, 0) is 6.42 Å². The van der Waals surface area contributed by atoms with Gasteiger partial charge < -0.3 is 4.74 Å². The summed E-state index contributed by atoms with van der Waals surface area (Å²) in [7, 11) is 1.48. The van der Waals surface area contributed by atoms with Gasteiger partial charge in [0.1, 0.15) is 0 Å². The summed E-state index contributed by atoms with van der Waals surface area (Å²) >= 11 is 3.46. The van der Waals surface area contributed by atoms with Crippen molar-refractivity contribution in [1.29, 1.82) is 0 Å². The Hall–Kier alpha value is -0.570. The Morgan fingerprint density at radius 3 is 2.67 bits per heavy atom. The maximum Gasteiger partial charge on any atom is 0.165 e. The summed E-state index contributed by atoms with van der Waals surface area (Å²) in [4.78, 5) is 0. The monoisotopic (exact) mass is 274 g/mol. The second kappa shape index (κ2) is 6.11. The first-order valence-electron chi connectivity index (χ1n) is 5.09. The zero-order valence-electron chi connectivity index (χ0n) is 9.09. The van der Waals surface area contributed by atoms with E-state index in [0.717, 1.165) is 23.7 Å². The third-order valence-corrected chi connectivity index (χ3v) is 3.45. The predicted molar refractivity (Wildman–Crippen MR) is 64.2 cm³/mol. The largest absolute Gasteiger partial charge is 0.494 e. The van der Waals surface area contributed by atoms with E-state index in [0.29, 0.717) is 11.7 Å². The molecule has 0 aliphatic rings. The molecule has 0 bridgehead atoms. The van der Waals surface area contributed by atoms with Gasteiger partial charge in [-0.05, 0) is 30.0 Å². The summed E-state index contributed by atoms with van der Waals surface area (Å²) in [5.41, 5.74) is 1.03. The smallest absolute Gasteiger partial charge is 0.165 e. The lowest BCUT2D eigenvalue weighted by molar-refractivity contribution is 0.386. The third-order valence-electron chi connectivity index (χ3n) is 2.54. The van der Waals surface area contributed by atoms with E-state index in [-0.39, 0.29) is 5.82 Å². The second-order valence-electron chi connectivity index (χ2n) is 3.60. The van der Waals surface area contributed by atoms with Gasteiger partial charge in [-0.2, -0.15) is 0 Å². The highest BCUT2D eigenvalue weighted by atomic mass is 79.9. The van der Waals surface area contributed by atoms with Gasteiger partial charge in [0.15, 0.2) is 11.6 Å². The van der Waals surface area contributed by atoms with E-state index in [1.807, 2.05) is 6.07 Å². The maximum atomic E-state index is 13.4. The molecule has 0 saturated heterocycles. The summed E-state index contributed by atoms with van der Waals surface area (Å²) in [6.07, 6.45) is 2.00. The van der Waals surface area contributed by atoms with Crippen LogP contribution in [0.4, 0.5) is 4.39 Å². The minimum Gasteiger partial charge on any atom is -0.494 e. The molecule has 0 aliphatic heterocycles. The minimum absolute atomic E-state index is 0.278. The molecule has 0 saturated carbocycles. The van der Waals surface area contributed by atoms with Crippen LogP contribution in [0.3, 0.4) is 0 Å². The molecule has 1 aromatic carbocycles. The molecule has 1 atom stereocenters. The fraction of sp³-hybridized carbons (Fsp3) is 0.500.